The van der Waals surface area contributed by atoms with Gasteiger partial charge in [0.15, 0.2) is 5.16 Å². The Morgan fingerprint density at radius 2 is 1.94 bits per heavy atom. The summed E-state index contributed by atoms with van der Waals surface area (Å²) in [4.78, 5) is 20.9. The number of carbonyl (C=O) groups is 1. The molecule has 0 fully saturated rings. The average Bonchev–Trinajstić information content (AvgIpc) is 2.75. The first-order chi connectivity index (χ1) is 14.7. The number of nitrogens with one attached hydrogen (secondary N) is 1. The predicted molar refractivity (Wildman–Crippen MR) is 123 cm³/mol. The topological polar surface area (TPSA) is 115 Å². The molecule has 0 bridgehead atoms. The average molecular weight is 477 g/mol. The van der Waals surface area contributed by atoms with E-state index >= 15 is 0 Å². The third kappa shape index (κ3) is 5.36. The molecule has 0 radical (unpaired) electrons. The molecule has 0 saturated heterocycles. The molecule has 1 amide bonds. The Kier molecular flexibility index (Phi) is 7.19. The molecule has 3 aromatic rings. The van der Waals surface area contributed by atoms with Crippen LogP contribution in [0.1, 0.15) is 18.9 Å². The number of nitrogens with two attached hydrogens (primary N) is 1. The minimum absolute atomic E-state index is 0.105. The standard InChI is InChI=1S/C21H21ClN4O3S2/c1-3-17(20(27)25-16-11-14(22)10-9-13(16)2)30-21-24-12-18(19(23)26-21)31(28,29)15-7-5-4-6-8-15/h4-12,17H,3H2,1-2H3,(H,25,27)(H2,23,24,26)/t17-/m1/s1. The second-order valence-electron chi connectivity index (χ2n) is 6.68. The summed E-state index contributed by atoms with van der Waals surface area (Å²) in [5.74, 6) is -0.400. The SMILES string of the molecule is CC[C@@H](Sc1ncc(S(=O)(=O)c2ccccc2)c(N)n1)C(=O)Nc1cc(Cl)ccc1C. The first-order valence-corrected chi connectivity index (χ1v) is 12.1. The number of hydrogen-bond donors (Lipinski definition) is 2. The van der Waals surface area contributed by atoms with Crippen molar-refractivity contribution in [1.82, 2.24) is 9.97 Å². The first-order valence-electron chi connectivity index (χ1n) is 9.38. The monoisotopic (exact) mass is 476 g/mol. The van der Waals surface area contributed by atoms with Gasteiger partial charge in [-0.2, -0.15) is 0 Å². The molecule has 162 valence electrons. The number of nitrogens with zero attached hydrogens (tertiary/aromatic N) is 2. The maximum Gasteiger partial charge on any atom is 0.237 e. The molecule has 0 aliphatic heterocycles. The molecule has 0 spiro atoms. The molecule has 0 unspecified atom stereocenters. The van der Waals surface area contributed by atoms with E-state index in [1.807, 2.05) is 19.9 Å². The third-order valence-corrected chi connectivity index (χ3v) is 7.73. The highest BCUT2D eigenvalue weighted by Crippen LogP contribution is 2.29. The van der Waals surface area contributed by atoms with Crippen LogP contribution in [0.5, 0.6) is 0 Å². The Balaban J connectivity index is 1.79. The van der Waals surface area contributed by atoms with Gasteiger partial charge in [-0.25, -0.2) is 18.4 Å². The fourth-order valence-corrected chi connectivity index (χ4v) is 5.05. The van der Waals surface area contributed by atoms with Crippen molar-refractivity contribution >= 4 is 50.6 Å². The van der Waals surface area contributed by atoms with E-state index < -0.39 is 15.1 Å². The maximum atomic E-state index is 12.8. The van der Waals surface area contributed by atoms with Crippen molar-refractivity contribution in [2.75, 3.05) is 11.1 Å². The molecule has 10 heteroatoms. The molecule has 31 heavy (non-hydrogen) atoms. The number of nitrogen functional groups attached to an aromatic ring is 1. The first kappa shape index (κ1) is 23.1. The smallest absolute Gasteiger partial charge is 0.237 e. The van der Waals surface area contributed by atoms with Crippen molar-refractivity contribution < 1.29 is 13.2 Å². The third-order valence-electron chi connectivity index (χ3n) is 4.47. The number of benzene rings is 2. The van der Waals surface area contributed by atoms with Crippen molar-refractivity contribution in [3.05, 3.63) is 65.3 Å². The van der Waals surface area contributed by atoms with Crippen LogP contribution in [-0.4, -0.2) is 29.5 Å². The predicted octanol–water partition coefficient (Wildman–Crippen LogP) is 4.36. The van der Waals surface area contributed by atoms with Crippen molar-refractivity contribution in [2.45, 2.75) is 40.5 Å². The van der Waals surface area contributed by atoms with Crippen molar-refractivity contribution in [1.29, 1.82) is 0 Å². The van der Waals surface area contributed by atoms with Crippen molar-refractivity contribution in [3.63, 3.8) is 0 Å². The van der Waals surface area contributed by atoms with E-state index in [0.717, 1.165) is 17.3 Å². The summed E-state index contributed by atoms with van der Waals surface area (Å²) in [5.41, 5.74) is 7.45. The van der Waals surface area contributed by atoms with Gasteiger partial charge in [0.25, 0.3) is 0 Å². The lowest BCUT2D eigenvalue weighted by atomic mass is 10.2. The van der Waals surface area contributed by atoms with E-state index in [2.05, 4.69) is 15.3 Å². The Labute approximate surface area is 190 Å². The van der Waals surface area contributed by atoms with Gasteiger partial charge in [-0.1, -0.05) is 54.6 Å². The number of amides is 1. The summed E-state index contributed by atoms with van der Waals surface area (Å²) in [7, 11) is -3.84. The Bertz CT molecular complexity index is 1200. The molecule has 1 heterocycles. The van der Waals surface area contributed by atoms with Crippen LogP contribution in [0.4, 0.5) is 11.5 Å². The summed E-state index contributed by atoms with van der Waals surface area (Å²) >= 11 is 7.13. The highest BCUT2D eigenvalue weighted by molar-refractivity contribution is 8.00. The van der Waals surface area contributed by atoms with Crippen LogP contribution in [0.15, 0.2) is 69.7 Å². The summed E-state index contributed by atoms with van der Waals surface area (Å²) in [6.45, 7) is 3.73. The van der Waals surface area contributed by atoms with Gasteiger partial charge in [0, 0.05) is 10.7 Å². The summed E-state index contributed by atoms with van der Waals surface area (Å²) in [5, 5.41) is 3.10. The second kappa shape index (κ2) is 9.67. The normalized spacial score (nSPS) is 12.4. The van der Waals surface area contributed by atoms with Crippen LogP contribution in [-0.2, 0) is 14.6 Å². The van der Waals surface area contributed by atoms with Crippen LogP contribution in [0.25, 0.3) is 0 Å². The van der Waals surface area contributed by atoms with E-state index in [0.29, 0.717) is 17.1 Å². The molecule has 0 saturated carbocycles. The molecular weight excluding hydrogens is 456 g/mol. The number of aryl methyl sites for hydroxylation is 1. The molecule has 1 atom stereocenters. The van der Waals surface area contributed by atoms with Gasteiger partial charge in [-0.15, -0.1) is 0 Å². The fourth-order valence-electron chi connectivity index (χ4n) is 2.75. The van der Waals surface area contributed by atoms with Crippen LogP contribution >= 0.6 is 23.4 Å². The molecular formula is C21H21ClN4O3S2. The number of hydrogen-bond acceptors (Lipinski definition) is 7. The molecule has 0 aliphatic carbocycles. The zero-order valence-corrected chi connectivity index (χ0v) is 19.3. The van der Waals surface area contributed by atoms with Gasteiger partial charge in [-0.3, -0.25) is 4.79 Å². The Hall–Kier alpha value is -2.62. The minimum Gasteiger partial charge on any atom is -0.382 e. The number of thioether (sulfide) groups is 1. The molecule has 3 N–H and O–H groups in total. The van der Waals surface area contributed by atoms with Gasteiger partial charge in [0.2, 0.25) is 15.7 Å². The fraction of sp³-hybridized carbons (Fsp3) is 0.190. The lowest BCUT2D eigenvalue weighted by Gasteiger charge is -2.16. The highest BCUT2D eigenvalue weighted by atomic mass is 35.5. The quantitative estimate of drug-likeness (QED) is 0.384. The summed E-state index contributed by atoms with van der Waals surface area (Å²) in [6, 6.07) is 13.2. The minimum atomic E-state index is -3.84. The van der Waals surface area contributed by atoms with Crippen molar-refractivity contribution in [2.24, 2.45) is 0 Å². The van der Waals surface area contributed by atoms with Gasteiger partial charge in [0.1, 0.15) is 10.7 Å². The van der Waals surface area contributed by atoms with E-state index in [9.17, 15) is 13.2 Å². The van der Waals surface area contributed by atoms with E-state index in [4.69, 9.17) is 17.3 Å². The number of aromatic nitrogens is 2. The molecule has 7 nitrogen and oxygen atoms in total. The zero-order chi connectivity index (χ0) is 22.6. The summed E-state index contributed by atoms with van der Waals surface area (Å²) in [6.07, 6.45) is 1.68. The number of halogens is 1. The van der Waals surface area contributed by atoms with Gasteiger partial charge >= 0.3 is 0 Å². The molecule has 2 aromatic carbocycles. The van der Waals surface area contributed by atoms with Gasteiger partial charge in [-0.05, 0) is 43.2 Å². The van der Waals surface area contributed by atoms with Gasteiger partial charge in [0.05, 0.1) is 16.3 Å². The van der Waals surface area contributed by atoms with Gasteiger partial charge < -0.3 is 11.1 Å². The number of sulfone groups is 1. The lowest BCUT2D eigenvalue weighted by molar-refractivity contribution is -0.115. The second-order valence-corrected chi connectivity index (χ2v) is 10.2. The maximum absolute atomic E-state index is 12.8. The Morgan fingerprint density at radius 3 is 2.58 bits per heavy atom. The van der Waals surface area contributed by atoms with Crippen LogP contribution in [0.3, 0.4) is 0 Å². The number of carbonyl (C=O) groups excluding carboxylic acids is 1. The van der Waals surface area contributed by atoms with Crippen LogP contribution in [0, 0.1) is 6.92 Å². The lowest BCUT2D eigenvalue weighted by Crippen LogP contribution is -2.25. The zero-order valence-electron chi connectivity index (χ0n) is 16.9. The molecule has 0 aliphatic rings. The number of rotatable bonds is 7. The summed E-state index contributed by atoms with van der Waals surface area (Å²) < 4.78 is 25.5. The Morgan fingerprint density at radius 1 is 1.23 bits per heavy atom. The van der Waals surface area contributed by atoms with E-state index in [-0.39, 0.29) is 26.7 Å². The number of anilines is 2. The van der Waals surface area contributed by atoms with E-state index in [1.54, 1.807) is 30.3 Å². The molecule has 1 aromatic heterocycles. The van der Waals surface area contributed by atoms with Crippen LogP contribution in [0.2, 0.25) is 5.02 Å². The van der Waals surface area contributed by atoms with Crippen LogP contribution < -0.4 is 11.1 Å². The molecule has 3 rings (SSSR count). The van der Waals surface area contributed by atoms with E-state index in [1.165, 1.54) is 18.3 Å². The highest BCUT2D eigenvalue weighted by Gasteiger charge is 2.24. The largest absolute Gasteiger partial charge is 0.382 e. The van der Waals surface area contributed by atoms with Crippen molar-refractivity contribution in [3.8, 4) is 0 Å².